The van der Waals surface area contributed by atoms with Gasteiger partial charge >= 0.3 is 0 Å². The molecule has 0 spiro atoms. The Hall–Kier alpha value is -2.63. The summed E-state index contributed by atoms with van der Waals surface area (Å²) >= 11 is 0. The Kier molecular flexibility index (Phi) is 3.14. The number of para-hydroxylation sites is 1. The number of ether oxygens (including phenoxy) is 1. The monoisotopic (exact) mass is 295 g/mol. The largest absolute Gasteiger partial charge is 0.496 e. The molecule has 22 heavy (non-hydrogen) atoms. The molecule has 0 aliphatic carbocycles. The Bertz CT molecular complexity index is 800. The van der Waals surface area contributed by atoms with Crippen LogP contribution in [0.5, 0.6) is 5.75 Å². The standard InChI is InChI=1S/C16H17N5O/c1-22-14-7-3-2-5-12(14)13-6-4-10-20(13)16-9-8-15-18-17-11-21(15)19-16/h2-3,5,7-9,11,13H,4,6,10H2,1H3. The van der Waals surface area contributed by atoms with Crippen molar-refractivity contribution in [3.63, 3.8) is 0 Å². The lowest BCUT2D eigenvalue weighted by atomic mass is 10.0. The molecule has 1 aliphatic heterocycles. The van der Waals surface area contributed by atoms with Gasteiger partial charge in [-0.25, -0.2) is 0 Å². The van der Waals surface area contributed by atoms with Gasteiger partial charge in [-0.3, -0.25) is 0 Å². The zero-order chi connectivity index (χ0) is 14.9. The van der Waals surface area contributed by atoms with Gasteiger partial charge in [0.2, 0.25) is 0 Å². The fourth-order valence-electron chi connectivity index (χ4n) is 3.18. The summed E-state index contributed by atoms with van der Waals surface area (Å²) in [5, 5.41) is 12.5. The van der Waals surface area contributed by atoms with Crippen LogP contribution in [-0.2, 0) is 0 Å². The minimum Gasteiger partial charge on any atom is -0.496 e. The van der Waals surface area contributed by atoms with Crippen LogP contribution in [0.2, 0.25) is 0 Å². The minimum atomic E-state index is 0.289. The molecule has 3 aromatic rings. The Balaban J connectivity index is 1.74. The molecular formula is C16H17N5O. The van der Waals surface area contributed by atoms with Crippen molar-refractivity contribution in [1.29, 1.82) is 0 Å². The maximum atomic E-state index is 5.53. The van der Waals surface area contributed by atoms with Gasteiger partial charge in [-0.05, 0) is 31.0 Å². The lowest BCUT2D eigenvalue weighted by molar-refractivity contribution is 0.405. The van der Waals surface area contributed by atoms with Gasteiger partial charge in [-0.1, -0.05) is 18.2 Å². The second-order valence-electron chi connectivity index (χ2n) is 5.42. The van der Waals surface area contributed by atoms with Crippen molar-refractivity contribution in [2.24, 2.45) is 0 Å². The first-order valence-electron chi connectivity index (χ1n) is 7.43. The van der Waals surface area contributed by atoms with Gasteiger partial charge in [0.25, 0.3) is 0 Å². The second-order valence-corrected chi connectivity index (χ2v) is 5.42. The molecule has 6 nitrogen and oxygen atoms in total. The lowest BCUT2D eigenvalue weighted by Gasteiger charge is -2.27. The molecule has 0 amide bonds. The van der Waals surface area contributed by atoms with E-state index >= 15 is 0 Å². The zero-order valence-electron chi connectivity index (χ0n) is 12.4. The van der Waals surface area contributed by atoms with E-state index in [9.17, 15) is 0 Å². The minimum absolute atomic E-state index is 0.289. The van der Waals surface area contributed by atoms with E-state index in [0.29, 0.717) is 0 Å². The van der Waals surface area contributed by atoms with Crippen LogP contribution in [0.4, 0.5) is 5.82 Å². The molecule has 0 radical (unpaired) electrons. The number of hydrogen-bond donors (Lipinski definition) is 0. The first-order chi connectivity index (χ1) is 10.9. The molecule has 1 atom stereocenters. The molecule has 4 rings (SSSR count). The van der Waals surface area contributed by atoms with Gasteiger partial charge in [0.05, 0.1) is 13.2 Å². The maximum Gasteiger partial charge on any atom is 0.177 e. The number of nitrogens with zero attached hydrogens (tertiary/aromatic N) is 5. The zero-order valence-corrected chi connectivity index (χ0v) is 12.4. The molecule has 1 unspecified atom stereocenters. The average molecular weight is 295 g/mol. The van der Waals surface area contributed by atoms with E-state index in [2.05, 4.69) is 32.3 Å². The summed E-state index contributed by atoms with van der Waals surface area (Å²) in [7, 11) is 1.72. The van der Waals surface area contributed by atoms with Crippen LogP contribution in [0, 0.1) is 0 Å². The van der Waals surface area contributed by atoms with Crippen LogP contribution >= 0.6 is 0 Å². The summed E-state index contributed by atoms with van der Waals surface area (Å²) in [6.07, 6.45) is 3.87. The van der Waals surface area contributed by atoms with E-state index in [0.717, 1.165) is 36.6 Å². The Morgan fingerprint density at radius 2 is 2.09 bits per heavy atom. The topological polar surface area (TPSA) is 55.5 Å². The van der Waals surface area contributed by atoms with E-state index in [1.165, 1.54) is 5.56 Å². The normalized spacial score (nSPS) is 18.0. The highest BCUT2D eigenvalue weighted by Gasteiger charge is 2.29. The number of rotatable bonds is 3. The lowest BCUT2D eigenvalue weighted by Crippen LogP contribution is -2.24. The third-order valence-electron chi connectivity index (χ3n) is 4.19. The van der Waals surface area contributed by atoms with E-state index in [1.54, 1.807) is 18.0 Å². The maximum absolute atomic E-state index is 5.53. The fourth-order valence-corrected chi connectivity index (χ4v) is 3.18. The highest BCUT2D eigenvalue weighted by Crippen LogP contribution is 2.38. The van der Waals surface area contributed by atoms with Gasteiger partial charge in [-0.2, -0.15) is 4.52 Å². The Labute approximate surface area is 128 Å². The van der Waals surface area contributed by atoms with Crippen LogP contribution in [0.15, 0.2) is 42.7 Å². The van der Waals surface area contributed by atoms with Gasteiger partial charge in [-0.15, -0.1) is 15.3 Å². The van der Waals surface area contributed by atoms with Gasteiger partial charge < -0.3 is 9.64 Å². The van der Waals surface area contributed by atoms with E-state index in [1.807, 2.05) is 24.3 Å². The summed E-state index contributed by atoms with van der Waals surface area (Å²) in [6.45, 7) is 0.989. The quantitative estimate of drug-likeness (QED) is 0.743. The van der Waals surface area contributed by atoms with Crippen molar-refractivity contribution in [2.75, 3.05) is 18.6 Å². The fraction of sp³-hybridized carbons (Fsp3) is 0.312. The predicted octanol–water partition coefficient (Wildman–Crippen LogP) is 2.47. The van der Waals surface area contributed by atoms with E-state index < -0.39 is 0 Å². The molecule has 0 bridgehead atoms. The molecule has 0 N–H and O–H groups in total. The third-order valence-corrected chi connectivity index (χ3v) is 4.19. The van der Waals surface area contributed by atoms with Crippen molar-refractivity contribution < 1.29 is 4.74 Å². The smallest absolute Gasteiger partial charge is 0.177 e. The molecule has 112 valence electrons. The van der Waals surface area contributed by atoms with Gasteiger partial charge in [0, 0.05) is 12.1 Å². The second kappa shape index (κ2) is 5.29. The first-order valence-corrected chi connectivity index (χ1v) is 7.43. The van der Waals surface area contributed by atoms with Gasteiger partial charge in [0.15, 0.2) is 5.65 Å². The molecule has 2 aromatic heterocycles. The molecule has 0 saturated carbocycles. The first kappa shape index (κ1) is 13.1. The highest BCUT2D eigenvalue weighted by atomic mass is 16.5. The van der Waals surface area contributed by atoms with Crippen molar-refractivity contribution in [3.8, 4) is 5.75 Å². The third kappa shape index (κ3) is 2.07. The Morgan fingerprint density at radius 1 is 1.18 bits per heavy atom. The number of aromatic nitrogens is 4. The van der Waals surface area contributed by atoms with Crippen molar-refractivity contribution in [1.82, 2.24) is 19.8 Å². The summed E-state index contributed by atoms with van der Waals surface area (Å²) in [6, 6.07) is 12.5. The molecule has 1 saturated heterocycles. The molecule has 1 aliphatic rings. The highest BCUT2D eigenvalue weighted by molar-refractivity contribution is 5.50. The average Bonchev–Trinajstić information content (AvgIpc) is 3.22. The SMILES string of the molecule is COc1ccccc1C1CCCN1c1ccc2nncn2n1. The van der Waals surface area contributed by atoms with Crippen molar-refractivity contribution >= 4 is 11.5 Å². The van der Waals surface area contributed by atoms with E-state index in [4.69, 9.17) is 4.74 Å². The van der Waals surface area contributed by atoms with Crippen LogP contribution in [0.1, 0.15) is 24.4 Å². The van der Waals surface area contributed by atoms with Gasteiger partial charge in [0.1, 0.15) is 17.9 Å². The van der Waals surface area contributed by atoms with Crippen LogP contribution in [-0.4, -0.2) is 33.5 Å². The number of benzene rings is 1. The summed E-state index contributed by atoms with van der Waals surface area (Å²) < 4.78 is 7.24. The summed E-state index contributed by atoms with van der Waals surface area (Å²) in [5.41, 5.74) is 1.98. The van der Waals surface area contributed by atoms with Crippen LogP contribution in [0.3, 0.4) is 0 Å². The molecule has 1 fully saturated rings. The molecule has 6 heteroatoms. The number of anilines is 1. The summed E-state index contributed by atoms with van der Waals surface area (Å²) in [5.74, 6) is 1.88. The van der Waals surface area contributed by atoms with Crippen LogP contribution < -0.4 is 9.64 Å². The number of hydrogen-bond acceptors (Lipinski definition) is 5. The van der Waals surface area contributed by atoms with Crippen LogP contribution in [0.25, 0.3) is 5.65 Å². The molecule has 1 aromatic carbocycles. The Morgan fingerprint density at radius 3 is 3.00 bits per heavy atom. The van der Waals surface area contributed by atoms with E-state index in [-0.39, 0.29) is 6.04 Å². The number of methoxy groups -OCH3 is 1. The molecular weight excluding hydrogens is 278 g/mol. The predicted molar refractivity (Wildman–Crippen MR) is 83.1 cm³/mol. The molecule has 3 heterocycles. The summed E-state index contributed by atoms with van der Waals surface area (Å²) in [4.78, 5) is 2.33. The van der Waals surface area contributed by atoms with Crippen molar-refractivity contribution in [2.45, 2.75) is 18.9 Å². The van der Waals surface area contributed by atoms with Crippen molar-refractivity contribution in [3.05, 3.63) is 48.3 Å². The number of fused-ring (bicyclic) bond motifs is 1.